The molecule has 0 heterocycles. The molecule has 58 valence electrons. The standard InChI is InChI=1S/C10H12O/c1-8-5-9(8)3-2-6-4-10(6,9)7(8)11/h6H,2-5H2,1H3. The molecule has 11 heavy (non-hydrogen) atoms. The van der Waals surface area contributed by atoms with E-state index < -0.39 is 0 Å². The molecular formula is C10H12O. The topological polar surface area (TPSA) is 17.1 Å². The van der Waals surface area contributed by atoms with Crippen molar-refractivity contribution in [3.8, 4) is 0 Å². The first kappa shape index (κ1) is 5.34. The molecule has 1 heteroatoms. The summed E-state index contributed by atoms with van der Waals surface area (Å²) in [7, 11) is 0. The second-order valence-corrected chi connectivity index (χ2v) is 5.33. The third-order valence-corrected chi connectivity index (χ3v) is 5.37. The maximum atomic E-state index is 11.8. The van der Waals surface area contributed by atoms with Gasteiger partial charge in [-0.05, 0) is 37.0 Å². The molecule has 4 unspecified atom stereocenters. The number of hydrogen-bond acceptors (Lipinski definition) is 1. The Morgan fingerprint density at radius 3 is 2.91 bits per heavy atom. The van der Waals surface area contributed by atoms with Gasteiger partial charge in [0.1, 0.15) is 5.78 Å². The molecule has 4 saturated carbocycles. The van der Waals surface area contributed by atoms with E-state index in [1.54, 1.807) is 0 Å². The van der Waals surface area contributed by atoms with Crippen LogP contribution in [0.5, 0.6) is 0 Å². The molecule has 2 spiro atoms. The van der Waals surface area contributed by atoms with Crippen LogP contribution in [0.1, 0.15) is 32.6 Å². The monoisotopic (exact) mass is 148 g/mol. The lowest BCUT2D eigenvalue weighted by atomic mass is 9.62. The lowest BCUT2D eigenvalue weighted by Gasteiger charge is -2.38. The number of Topliss-reactive ketones (excluding diaryl/α,β-unsaturated/α-hetero) is 1. The highest BCUT2D eigenvalue weighted by Crippen LogP contribution is 2.97. The summed E-state index contributed by atoms with van der Waals surface area (Å²) in [5.74, 6) is 1.48. The van der Waals surface area contributed by atoms with Crippen LogP contribution in [0.25, 0.3) is 0 Å². The summed E-state index contributed by atoms with van der Waals surface area (Å²) in [4.78, 5) is 11.8. The van der Waals surface area contributed by atoms with E-state index in [0.717, 1.165) is 5.92 Å². The fraction of sp³-hybridized carbons (Fsp3) is 0.900. The molecule has 0 aromatic rings. The van der Waals surface area contributed by atoms with Crippen LogP contribution in [0.2, 0.25) is 0 Å². The highest BCUT2D eigenvalue weighted by atomic mass is 16.1. The van der Waals surface area contributed by atoms with E-state index in [0.29, 0.717) is 16.6 Å². The molecule has 0 saturated heterocycles. The van der Waals surface area contributed by atoms with Crippen LogP contribution >= 0.6 is 0 Å². The van der Waals surface area contributed by atoms with E-state index in [1.165, 1.54) is 25.7 Å². The minimum Gasteiger partial charge on any atom is -0.298 e. The number of ketones is 1. The Balaban J connectivity index is 1.99. The first-order valence-corrected chi connectivity index (χ1v) is 4.72. The van der Waals surface area contributed by atoms with E-state index in [4.69, 9.17) is 0 Å². The Kier molecular flexibility index (Phi) is 0.461. The normalized spacial score (nSPS) is 74.6. The maximum Gasteiger partial charge on any atom is 0.146 e. The van der Waals surface area contributed by atoms with Crippen LogP contribution in [0.15, 0.2) is 0 Å². The molecule has 4 fully saturated rings. The lowest BCUT2D eigenvalue weighted by Crippen LogP contribution is -2.46. The average molecular weight is 148 g/mol. The number of hydrogen-bond donors (Lipinski definition) is 0. The number of carbonyl (C=O) groups excluding carboxylic acids is 1. The first-order valence-electron chi connectivity index (χ1n) is 4.72. The van der Waals surface area contributed by atoms with Gasteiger partial charge in [-0.1, -0.05) is 6.92 Å². The quantitative estimate of drug-likeness (QED) is 0.511. The molecule has 0 amide bonds. The Morgan fingerprint density at radius 1 is 1.55 bits per heavy atom. The van der Waals surface area contributed by atoms with Gasteiger partial charge in [0.2, 0.25) is 0 Å². The summed E-state index contributed by atoms with van der Waals surface area (Å²) in [5.41, 5.74) is 1.06. The predicted molar refractivity (Wildman–Crippen MR) is 39.9 cm³/mol. The summed E-state index contributed by atoms with van der Waals surface area (Å²) in [6.07, 6.45) is 5.25. The van der Waals surface area contributed by atoms with E-state index >= 15 is 0 Å². The van der Waals surface area contributed by atoms with Crippen molar-refractivity contribution in [3.63, 3.8) is 0 Å². The van der Waals surface area contributed by atoms with Gasteiger partial charge in [0.05, 0.1) is 0 Å². The number of rotatable bonds is 0. The van der Waals surface area contributed by atoms with Gasteiger partial charge < -0.3 is 0 Å². The van der Waals surface area contributed by atoms with Gasteiger partial charge in [-0.25, -0.2) is 0 Å². The molecule has 1 nitrogen and oxygen atoms in total. The van der Waals surface area contributed by atoms with Crippen molar-refractivity contribution in [1.82, 2.24) is 0 Å². The zero-order valence-corrected chi connectivity index (χ0v) is 6.81. The van der Waals surface area contributed by atoms with Gasteiger partial charge >= 0.3 is 0 Å². The molecular weight excluding hydrogens is 136 g/mol. The van der Waals surface area contributed by atoms with Crippen LogP contribution in [0, 0.1) is 22.2 Å². The van der Waals surface area contributed by atoms with Crippen molar-refractivity contribution in [2.45, 2.75) is 32.6 Å². The summed E-state index contributed by atoms with van der Waals surface area (Å²) in [6, 6.07) is 0. The third kappa shape index (κ3) is 0.240. The minimum absolute atomic E-state index is 0.193. The van der Waals surface area contributed by atoms with Crippen molar-refractivity contribution in [2.24, 2.45) is 22.2 Å². The van der Waals surface area contributed by atoms with E-state index in [2.05, 4.69) is 6.92 Å². The van der Waals surface area contributed by atoms with E-state index in [-0.39, 0.29) is 5.41 Å². The predicted octanol–water partition coefficient (Wildman–Crippen LogP) is 1.77. The molecule has 4 aliphatic rings. The first-order chi connectivity index (χ1) is 5.17. The van der Waals surface area contributed by atoms with Gasteiger partial charge in [-0.2, -0.15) is 0 Å². The van der Waals surface area contributed by atoms with E-state index in [9.17, 15) is 4.79 Å². The van der Waals surface area contributed by atoms with Crippen LogP contribution < -0.4 is 0 Å². The molecule has 0 aliphatic heterocycles. The maximum absolute atomic E-state index is 11.8. The average Bonchev–Trinajstić information content (AvgIpc) is 2.79. The van der Waals surface area contributed by atoms with Gasteiger partial charge in [0.15, 0.2) is 0 Å². The Hall–Kier alpha value is -0.330. The fourth-order valence-electron chi connectivity index (χ4n) is 4.70. The van der Waals surface area contributed by atoms with Crippen LogP contribution in [-0.4, -0.2) is 5.78 Å². The Labute approximate surface area is 66.2 Å². The van der Waals surface area contributed by atoms with Crippen molar-refractivity contribution in [1.29, 1.82) is 0 Å². The van der Waals surface area contributed by atoms with Crippen molar-refractivity contribution in [2.75, 3.05) is 0 Å². The molecule has 0 N–H and O–H groups in total. The molecule has 0 aromatic heterocycles. The SMILES string of the molecule is CC12CC13CCC1CC13C2=O. The van der Waals surface area contributed by atoms with Crippen LogP contribution in [0.4, 0.5) is 0 Å². The van der Waals surface area contributed by atoms with E-state index in [1.807, 2.05) is 0 Å². The molecule has 0 radical (unpaired) electrons. The van der Waals surface area contributed by atoms with Gasteiger partial charge in [0.25, 0.3) is 0 Å². The second kappa shape index (κ2) is 0.949. The van der Waals surface area contributed by atoms with Crippen molar-refractivity contribution >= 4 is 5.78 Å². The summed E-state index contributed by atoms with van der Waals surface area (Å²) < 4.78 is 0. The van der Waals surface area contributed by atoms with Gasteiger partial charge in [-0.3, -0.25) is 4.79 Å². The Bertz CT molecular complexity index is 308. The van der Waals surface area contributed by atoms with Crippen molar-refractivity contribution in [3.05, 3.63) is 0 Å². The third-order valence-electron chi connectivity index (χ3n) is 5.37. The number of carbonyl (C=O) groups is 1. The summed E-state index contributed by atoms with van der Waals surface area (Å²) >= 11 is 0. The minimum atomic E-state index is 0.193. The Morgan fingerprint density at radius 2 is 2.36 bits per heavy atom. The fourth-order valence-corrected chi connectivity index (χ4v) is 4.70. The zero-order valence-electron chi connectivity index (χ0n) is 6.81. The zero-order chi connectivity index (χ0) is 7.48. The summed E-state index contributed by atoms with van der Waals surface area (Å²) in [5, 5.41) is 0. The highest BCUT2D eigenvalue weighted by Gasteiger charge is 2.97. The molecule has 4 atom stereocenters. The second-order valence-electron chi connectivity index (χ2n) is 5.33. The van der Waals surface area contributed by atoms with Crippen LogP contribution in [-0.2, 0) is 4.79 Å². The summed E-state index contributed by atoms with van der Waals surface area (Å²) in [6.45, 7) is 2.20. The largest absolute Gasteiger partial charge is 0.298 e. The van der Waals surface area contributed by atoms with Gasteiger partial charge in [-0.15, -0.1) is 0 Å². The van der Waals surface area contributed by atoms with Crippen molar-refractivity contribution < 1.29 is 4.79 Å². The molecule has 4 rings (SSSR count). The van der Waals surface area contributed by atoms with Gasteiger partial charge in [0, 0.05) is 10.8 Å². The molecule has 0 bridgehead atoms. The smallest absolute Gasteiger partial charge is 0.146 e. The molecule has 0 aromatic carbocycles. The molecule has 4 aliphatic carbocycles. The highest BCUT2D eigenvalue weighted by molar-refractivity contribution is 6.07. The van der Waals surface area contributed by atoms with Crippen LogP contribution in [0.3, 0.4) is 0 Å². The lowest BCUT2D eigenvalue weighted by molar-refractivity contribution is -0.143.